The third-order valence-electron chi connectivity index (χ3n) is 5.56. The van der Waals surface area contributed by atoms with E-state index in [-0.39, 0.29) is 18.1 Å². The Morgan fingerprint density at radius 1 is 1.29 bits per heavy atom. The molecule has 2 saturated heterocycles. The highest BCUT2D eigenvalue weighted by atomic mass is 16.5. The molecule has 0 radical (unpaired) electrons. The van der Waals surface area contributed by atoms with Crippen LogP contribution in [0.5, 0.6) is 0 Å². The molecule has 1 aromatic rings. The van der Waals surface area contributed by atoms with Crippen molar-refractivity contribution >= 4 is 6.03 Å². The number of aryl methyl sites for hydroxylation is 1. The molecule has 5 heteroatoms. The summed E-state index contributed by atoms with van der Waals surface area (Å²) in [4.78, 5) is 19.4. The van der Waals surface area contributed by atoms with Crippen LogP contribution in [0.1, 0.15) is 56.0 Å². The minimum absolute atomic E-state index is 0.0715. The third-order valence-corrected chi connectivity index (χ3v) is 5.56. The van der Waals surface area contributed by atoms with Crippen LogP contribution < -0.4 is 5.32 Å². The molecular formula is C19H27N3O2. The highest BCUT2D eigenvalue weighted by Crippen LogP contribution is 2.38. The average Bonchev–Trinajstić information content (AvgIpc) is 3.31. The standard InChI is InChI=1S/C19H27N3O2/c1-13-4-2-5-16(20-13)17-6-3-10-22(17)19(23)21-15-9-11-24-18(12-15)14-7-8-14/h2,4-5,14-15,17-18H,3,6-12H2,1H3,(H,21,23). The zero-order valence-electron chi connectivity index (χ0n) is 14.4. The molecule has 3 fully saturated rings. The van der Waals surface area contributed by atoms with Gasteiger partial charge in [0.1, 0.15) is 0 Å². The lowest BCUT2D eigenvalue weighted by molar-refractivity contribution is -0.00989. The van der Waals surface area contributed by atoms with Gasteiger partial charge in [-0.15, -0.1) is 0 Å². The summed E-state index contributed by atoms with van der Waals surface area (Å²) >= 11 is 0. The number of carbonyl (C=O) groups is 1. The molecule has 5 nitrogen and oxygen atoms in total. The molecule has 3 aliphatic rings. The maximum Gasteiger partial charge on any atom is 0.318 e. The van der Waals surface area contributed by atoms with Crippen molar-refractivity contribution in [2.45, 2.75) is 63.6 Å². The van der Waals surface area contributed by atoms with Crippen LogP contribution in [-0.2, 0) is 4.74 Å². The molecule has 4 rings (SSSR count). The molecule has 24 heavy (non-hydrogen) atoms. The van der Waals surface area contributed by atoms with E-state index in [0.717, 1.165) is 56.1 Å². The van der Waals surface area contributed by atoms with Crippen LogP contribution in [0.2, 0.25) is 0 Å². The Balaban J connectivity index is 1.39. The van der Waals surface area contributed by atoms with Gasteiger partial charge in [-0.1, -0.05) is 6.07 Å². The molecule has 1 N–H and O–H groups in total. The van der Waals surface area contributed by atoms with E-state index in [9.17, 15) is 4.79 Å². The molecule has 0 aromatic carbocycles. The maximum absolute atomic E-state index is 12.8. The van der Waals surface area contributed by atoms with Crippen molar-refractivity contribution < 1.29 is 9.53 Å². The smallest absolute Gasteiger partial charge is 0.318 e. The van der Waals surface area contributed by atoms with Crippen LogP contribution in [0.4, 0.5) is 4.79 Å². The first-order valence-corrected chi connectivity index (χ1v) is 9.33. The number of pyridine rings is 1. The summed E-state index contributed by atoms with van der Waals surface area (Å²) in [5, 5.41) is 3.27. The number of hydrogen-bond acceptors (Lipinski definition) is 3. The normalized spacial score (nSPS) is 30.4. The maximum atomic E-state index is 12.8. The molecule has 2 aliphatic heterocycles. The fourth-order valence-electron chi connectivity index (χ4n) is 4.08. The van der Waals surface area contributed by atoms with Crippen molar-refractivity contribution in [1.82, 2.24) is 15.2 Å². The van der Waals surface area contributed by atoms with Gasteiger partial charge in [-0.3, -0.25) is 4.98 Å². The van der Waals surface area contributed by atoms with E-state index >= 15 is 0 Å². The van der Waals surface area contributed by atoms with Crippen LogP contribution in [0.15, 0.2) is 18.2 Å². The van der Waals surface area contributed by atoms with Crippen molar-refractivity contribution in [2.24, 2.45) is 5.92 Å². The molecule has 1 saturated carbocycles. The minimum atomic E-state index is 0.0715. The second-order valence-corrected chi connectivity index (χ2v) is 7.47. The quantitative estimate of drug-likeness (QED) is 0.926. The summed E-state index contributed by atoms with van der Waals surface area (Å²) in [5.74, 6) is 0.737. The number of nitrogens with one attached hydrogen (secondary N) is 1. The third kappa shape index (κ3) is 3.41. The predicted octanol–water partition coefficient (Wildman–Crippen LogP) is 3.19. The lowest BCUT2D eigenvalue weighted by atomic mass is 10.0. The number of carbonyl (C=O) groups excluding carboxylic acids is 1. The van der Waals surface area contributed by atoms with E-state index < -0.39 is 0 Å². The number of aromatic nitrogens is 1. The number of likely N-dealkylation sites (tertiary alicyclic amines) is 1. The predicted molar refractivity (Wildman–Crippen MR) is 91.7 cm³/mol. The summed E-state index contributed by atoms with van der Waals surface area (Å²) in [6.45, 7) is 3.60. The molecule has 3 heterocycles. The van der Waals surface area contributed by atoms with Gasteiger partial charge in [0, 0.05) is 24.9 Å². The zero-order valence-corrected chi connectivity index (χ0v) is 14.4. The summed E-state index contributed by atoms with van der Waals surface area (Å²) in [7, 11) is 0. The number of hydrogen-bond donors (Lipinski definition) is 1. The van der Waals surface area contributed by atoms with Crippen molar-refractivity contribution in [3.05, 3.63) is 29.6 Å². The Morgan fingerprint density at radius 2 is 2.17 bits per heavy atom. The molecule has 2 amide bonds. The van der Waals surface area contributed by atoms with E-state index in [0.29, 0.717) is 6.10 Å². The van der Waals surface area contributed by atoms with Gasteiger partial charge >= 0.3 is 6.03 Å². The molecule has 130 valence electrons. The Labute approximate surface area is 143 Å². The fraction of sp³-hybridized carbons (Fsp3) is 0.684. The van der Waals surface area contributed by atoms with Gasteiger partial charge in [-0.05, 0) is 63.5 Å². The van der Waals surface area contributed by atoms with E-state index in [4.69, 9.17) is 4.74 Å². The van der Waals surface area contributed by atoms with E-state index in [1.54, 1.807) is 0 Å². The molecular weight excluding hydrogens is 302 g/mol. The summed E-state index contributed by atoms with van der Waals surface area (Å²) in [6.07, 6.45) is 6.89. The van der Waals surface area contributed by atoms with Gasteiger partial charge in [-0.25, -0.2) is 4.79 Å². The highest BCUT2D eigenvalue weighted by molar-refractivity contribution is 5.75. The van der Waals surface area contributed by atoms with E-state index in [1.807, 2.05) is 30.0 Å². The van der Waals surface area contributed by atoms with Crippen molar-refractivity contribution in [2.75, 3.05) is 13.2 Å². The molecule has 1 aromatic heterocycles. The van der Waals surface area contributed by atoms with Crippen molar-refractivity contribution in [3.63, 3.8) is 0 Å². The number of ether oxygens (including phenoxy) is 1. The van der Waals surface area contributed by atoms with Gasteiger partial charge in [0.15, 0.2) is 0 Å². The summed E-state index contributed by atoms with van der Waals surface area (Å²) < 4.78 is 5.87. The number of amides is 2. The number of rotatable bonds is 3. The van der Waals surface area contributed by atoms with E-state index in [2.05, 4.69) is 10.3 Å². The van der Waals surface area contributed by atoms with Gasteiger partial charge in [0.05, 0.1) is 17.8 Å². The number of urea groups is 1. The Hall–Kier alpha value is -1.62. The van der Waals surface area contributed by atoms with Gasteiger partial charge in [0.2, 0.25) is 0 Å². The van der Waals surface area contributed by atoms with Crippen LogP contribution in [0.25, 0.3) is 0 Å². The van der Waals surface area contributed by atoms with Gasteiger partial charge in [0.25, 0.3) is 0 Å². The Bertz CT molecular complexity index is 602. The Kier molecular flexibility index (Phi) is 4.44. The molecule has 0 bridgehead atoms. The average molecular weight is 329 g/mol. The van der Waals surface area contributed by atoms with Crippen LogP contribution in [-0.4, -0.2) is 41.2 Å². The minimum Gasteiger partial charge on any atom is -0.378 e. The summed E-state index contributed by atoms with van der Waals surface area (Å²) in [5.41, 5.74) is 2.03. The van der Waals surface area contributed by atoms with Gasteiger partial charge < -0.3 is 15.0 Å². The summed E-state index contributed by atoms with van der Waals surface area (Å²) in [6, 6.07) is 6.52. The van der Waals surface area contributed by atoms with Gasteiger partial charge in [-0.2, -0.15) is 0 Å². The lowest BCUT2D eigenvalue weighted by Crippen LogP contribution is -2.48. The topological polar surface area (TPSA) is 54.5 Å². The van der Waals surface area contributed by atoms with Crippen LogP contribution >= 0.6 is 0 Å². The second kappa shape index (κ2) is 6.71. The lowest BCUT2D eigenvalue weighted by Gasteiger charge is -2.33. The number of nitrogens with zero attached hydrogens (tertiary/aromatic N) is 2. The SMILES string of the molecule is Cc1cccc(C2CCCN2C(=O)NC2CCOC(C3CC3)C2)n1. The first kappa shape index (κ1) is 15.9. The molecule has 0 spiro atoms. The molecule has 3 atom stereocenters. The Morgan fingerprint density at radius 3 is 2.96 bits per heavy atom. The second-order valence-electron chi connectivity index (χ2n) is 7.47. The highest BCUT2D eigenvalue weighted by Gasteiger charge is 2.37. The van der Waals surface area contributed by atoms with Crippen LogP contribution in [0, 0.1) is 12.8 Å². The molecule has 1 aliphatic carbocycles. The first-order chi connectivity index (χ1) is 11.7. The van der Waals surface area contributed by atoms with Crippen LogP contribution in [0.3, 0.4) is 0 Å². The van der Waals surface area contributed by atoms with E-state index in [1.165, 1.54) is 12.8 Å². The molecule has 3 unspecified atom stereocenters. The largest absolute Gasteiger partial charge is 0.378 e. The fourth-order valence-corrected chi connectivity index (χ4v) is 4.08. The monoisotopic (exact) mass is 329 g/mol. The first-order valence-electron chi connectivity index (χ1n) is 9.33. The zero-order chi connectivity index (χ0) is 16.5. The van der Waals surface area contributed by atoms with Crippen molar-refractivity contribution in [1.29, 1.82) is 0 Å². The van der Waals surface area contributed by atoms with Crippen molar-refractivity contribution in [3.8, 4) is 0 Å².